The summed E-state index contributed by atoms with van der Waals surface area (Å²) in [6.45, 7) is 4.37. The predicted molar refractivity (Wildman–Crippen MR) is 129 cm³/mol. The number of aryl methyl sites for hydroxylation is 1. The molecule has 1 unspecified atom stereocenters. The Bertz CT molecular complexity index is 1230. The van der Waals surface area contributed by atoms with Gasteiger partial charge in [-0.15, -0.1) is 11.3 Å². The Morgan fingerprint density at radius 1 is 1.21 bits per heavy atom. The zero-order chi connectivity index (χ0) is 23.2. The summed E-state index contributed by atoms with van der Waals surface area (Å²) in [5.41, 5.74) is 3.69. The third-order valence-corrected chi connectivity index (χ3v) is 6.18. The molecule has 0 N–H and O–H groups in total. The molecule has 0 bridgehead atoms. The molecule has 8 heteroatoms. The minimum Gasteiger partial charge on any atom is -0.487 e. The molecule has 0 aliphatic carbocycles. The van der Waals surface area contributed by atoms with Crippen LogP contribution in [0.15, 0.2) is 72.6 Å². The molecule has 1 amide bonds. The van der Waals surface area contributed by atoms with Crippen LogP contribution in [0.3, 0.4) is 0 Å². The fraction of sp³-hybridized carbons (Fsp3) is 0.200. The SMILES string of the molecule is Cc1nc(COc2ccccc2C=CC(=O)N(C)C(C)c2ccc(-n3cncn3)cc2)cs1. The van der Waals surface area contributed by atoms with Crippen molar-refractivity contribution >= 4 is 23.3 Å². The van der Waals surface area contributed by atoms with Gasteiger partial charge in [0.1, 0.15) is 25.0 Å². The summed E-state index contributed by atoms with van der Waals surface area (Å²) < 4.78 is 7.64. The van der Waals surface area contributed by atoms with Crippen molar-refractivity contribution < 1.29 is 9.53 Å². The molecule has 2 aromatic carbocycles. The van der Waals surface area contributed by atoms with Gasteiger partial charge in [-0.2, -0.15) is 5.10 Å². The van der Waals surface area contributed by atoms with Crippen LogP contribution >= 0.6 is 11.3 Å². The number of likely N-dealkylation sites (N-methyl/N-ethyl adjacent to an activating group) is 1. The van der Waals surface area contributed by atoms with Gasteiger partial charge in [0.25, 0.3) is 0 Å². The Morgan fingerprint density at radius 3 is 2.70 bits per heavy atom. The second kappa shape index (κ2) is 10.2. The largest absolute Gasteiger partial charge is 0.487 e. The Kier molecular flexibility index (Phi) is 6.95. The van der Waals surface area contributed by atoms with Crippen molar-refractivity contribution in [2.75, 3.05) is 7.05 Å². The Hall–Kier alpha value is -3.78. The lowest BCUT2D eigenvalue weighted by Crippen LogP contribution is -2.28. The maximum absolute atomic E-state index is 12.8. The molecule has 0 spiro atoms. The van der Waals surface area contributed by atoms with Crippen LogP contribution in [0.5, 0.6) is 5.75 Å². The first-order chi connectivity index (χ1) is 16.0. The summed E-state index contributed by atoms with van der Waals surface area (Å²) in [6, 6.07) is 15.5. The van der Waals surface area contributed by atoms with Gasteiger partial charge in [-0.05, 0) is 43.7 Å². The highest BCUT2D eigenvalue weighted by atomic mass is 32.1. The van der Waals surface area contributed by atoms with Crippen LogP contribution in [0.2, 0.25) is 0 Å². The van der Waals surface area contributed by atoms with Gasteiger partial charge in [0, 0.05) is 24.1 Å². The van der Waals surface area contributed by atoms with Crippen molar-refractivity contribution in [1.82, 2.24) is 24.6 Å². The van der Waals surface area contributed by atoms with Crippen molar-refractivity contribution in [3.8, 4) is 11.4 Å². The Balaban J connectivity index is 1.40. The number of aromatic nitrogens is 4. The van der Waals surface area contributed by atoms with Crippen LogP contribution in [-0.4, -0.2) is 37.6 Å². The van der Waals surface area contributed by atoms with Gasteiger partial charge in [-0.25, -0.2) is 14.6 Å². The lowest BCUT2D eigenvalue weighted by Gasteiger charge is -2.24. The maximum Gasteiger partial charge on any atom is 0.246 e. The lowest BCUT2D eigenvalue weighted by molar-refractivity contribution is -0.126. The summed E-state index contributed by atoms with van der Waals surface area (Å²) in [7, 11) is 1.80. The van der Waals surface area contributed by atoms with Crippen molar-refractivity contribution in [1.29, 1.82) is 0 Å². The molecule has 0 fully saturated rings. The fourth-order valence-electron chi connectivity index (χ4n) is 3.32. The zero-order valence-corrected chi connectivity index (χ0v) is 19.6. The molecule has 0 radical (unpaired) electrons. The first-order valence-electron chi connectivity index (χ1n) is 10.5. The summed E-state index contributed by atoms with van der Waals surface area (Å²) in [5.74, 6) is 0.624. The average Bonchev–Trinajstić information content (AvgIpc) is 3.53. The van der Waals surface area contributed by atoms with E-state index in [1.807, 2.05) is 67.8 Å². The number of hydrogen-bond donors (Lipinski definition) is 0. The number of thiazole rings is 1. The standard InChI is InChI=1S/C25H25N5O2S/c1-18(20-8-11-23(12-9-20)30-17-26-16-27-30)29(3)25(31)13-10-21-6-4-5-7-24(21)32-14-22-15-33-19(2)28-22/h4-13,15-18H,14H2,1-3H3. The number of carbonyl (C=O) groups excluding carboxylic acids is 1. The van der Waals surface area contributed by atoms with Crippen molar-refractivity contribution in [2.24, 2.45) is 0 Å². The molecular weight excluding hydrogens is 434 g/mol. The number of carbonyl (C=O) groups is 1. The lowest BCUT2D eigenvalue weighted by atomic mass is 10.1. The van der Waals surface area contributed by atoms with Crippen molar-refractivity contribution in [3.05, 3.63) is 94.5 Å². The monoisotopic (exact) mass is 459 g/mol. The number of para-hydroxylation sites is 1. The molecule has 168 valence electrons. The molecular formula is C25H25N5O2S. The average molecular weight is 460 g/mol. The van der Waals surface area contributed by atoms with Gasteiger partial charge in [-0.3, -0.25) is 4.79 Å². The topological polar surface area (TPSA) is 73.1 Å². The smallest absolute Gasteiger partial charge is 0.246 e. The van der Waals surface area contributed by atoms with Crippen LogP contribution in [0, 0.1) is 6.92 Å². The first-order valence-corrected chi connectivity index (χ1v) is 11.4. The summed E-state index contributed by atoms with van der Waals surface area (Å²) in [5, 5.41) is 7.14. The van der Waals surface area contributed by atoms with Crippen molar-refractivity contribution in [2.45, 2.75) is 26.5 Å². The second-order valence-corrected chi connectivity index (χ2v) is 8.64. The summed E-state index contributed by atoms with van der Waals surface area (Å²) in [6.07, 6.45) is 6.52. The van der Waals surface area contributed by atoms with E-state index < -0.39 is 0 Å². The molecule has 2 heterocycles. The number of nitrogens with zero attached hydrogens (tertiary/aromatic N) is 5. The third-order valence-electron chi connectivity index (χ3n) is 5.35. The molecule has 4 aromatic rings. The predicted octanol–water partition coefficient (Wildman–Crippen LogP) is 4.84. The summed E-state index contributed by atoms with van der Waals surface area (Å²) in [4.78, 5) is 23.0. The van der Waals surface area contributed by atoms with E-state index in [4.69, 9.17) is 4.74 Å². The van der Waals surface area contributed by atoms with Gasteiger partial charge in [-0.1, -0.05) is 30.3 Å². The summed E-state index contributed by atoms with van der Waals surface area (Å²) >= 11 is 1.60. The molecule has 0 saturated heterocycles. The highest BCUT2D eigenvalue weighted by molar-refractivity contribution is 7.09. The van der Waals surface area contributed by atoms with E-state index in [-0.39, 0.29) is 11.9 Å². The number of rotatable bonds is 8. The van der Waals surface area contributed by atoms with Crippen LogP contribution in [0.4, 0.5) is 0 Å². The second-order valence-electron chi connectivity index (χ2n) is 7.57. The molecule has 0 aliphatic rings. The Labute approximate surface area is 197 Å². The molecule has 1 atom stereocenters. The van der Waals surface area contributed by atoms with E-state index in [1.54, 1.807) is 46.4 Å². The molecule has 4 rings (SSSR count). The normalized spacial score (nSPS) is 12.1. The van der Waals surface area contributed by atoms with E-state index in [9.17, 15) is 4.79 Å². The van der Waals surface area contributed by atoms with Gasteiger partial charge >= 0.3 is 0 Å². The molecule has 2 aromatic heterocycles. The van der Waals surface area contributed by atoms with Gasteiger partial charge in [0.2, 0.25) is 5.91 Å². The van der Waals surface area contributed by atoms with Crippen LogP contribution < -0.4 is 4.74 Å². The highest BCUT2D eigenvalue weighted by Gasteiger charge is 2.16. The zero-order valence-electron chi connectivity index (χ0n) is 18.8. The number of amides is 1. The molecule has 33 heavy (non-hydrogen) atoms. The number of ether oxygens (including phenoxy) is 1. The van der Waals surface area contributed by atoms with E-state index in [0.29, 0.717) is 12.4 Å². The van der Waals surface area contributed by atoms with E-state index in [2.05, 4.69) is 15.1 Å². The number of hydrogen-bond acceptors (Lipinski definition) is 6. The minimum absolute atomic E-state index is 0.0900. The van der Waals surface area contributed by atoms with Crippen LogP contribution in [-0.2, 0) is 11.4 Å². The van der Waals surface area contributed by atoms with E-state index >= 15 is 0 Å². The van der Waals surface area contributed by atoms with E-state index in [1.165, 1.54) is 6.33 Å². The minimum atomic E-state index is -0.0913. The maximum atomic E-state index is 12.8. The number of benzene rings is 2. The quantitative estimate of drug-likeness (QED) is 0.353. The van der Waals surface area contributed by atoms with Crippen LogP contribution in [0.25, 0.3) is 11.8 Å². The highest BCUT2D eigenvalue weighted by Crippen LogP contribution is 2.23. The van der Waals surface area contributed by atoms with Crippen molar-refractivity contribution in [3.63, 3.8) is 0 Å². The van der Waals surface area contributed by atoms with Crippen LogP contribution in [0.1, 0.15) is 34.8 Å². The first kappa shape index (κ1) is 22.4. The van der Waals surface area contributed by atoms with E-state index in [0.717, 1.165) is 27.5 Å². The van der Waals surface area contributed by atoms with Gasteiger partial charge < -0.3 is 9.64 Å². The third kappa shape index (κ3) is 5.53. The van der Waals surface area contributed by atoms with Gasteiger partial charge in [0.15, 0.2) is 0 Å². The Morgan fingerprint density at radius 2 is 2.00 bits per heavy atom. The fourth-order valence-corrected chi connectivity index (χ4v) is 3.91. The molecule has 0 aliphatic heterocycles. The molecule has 0 saturated carbocycles. The molecule has 7 nitrogen and oxygen atoms in total. The van der Waals surface area contributed by atoms with Gasteiger partial charge in [0.05, 0.1) is 22.4 Å².